The predicted molar refractivity (Wildman–Crippen MR) is 206 cm³/mol. The molecular formula is C45H32N6O. The molecule has 0 bridgehead atoms. The Kier molecular flexibility index (Phi) is 7.98. The first-order valence-electron chi connectivity index (χ1n) is 17.1. The number of benzene rings is 3. The van der Waals surface area contributed by atoms with Gasteiger partial charge in [-0.15, -0.1) is 0 Å². The zero-order valence-electron chi connectivity index (χ0n) is 28.3. The van der Waals surface area contributed by atoms with E-state index < -0.39 is 0 Å². The maximum Gasteiger partial charge on any atom is 0.227 e. The van der Waals surface area contributed by atoms with E-state index in [2.05, 4.69) is 105 Å². The third-order valence-electron chi connectivity index (χ3n) is 9.47. The van der Waals surface area contributed by atoms with Gasteiger partial charge in [-0.3, -0.25) is 19.9 Å². The van der Waals surface area contributed by atoms with Crippen LogP contribution in [0.15, 0.2) is 175 Å². The van der Waals surface area contributed by atoms with Gasteiger partial charge in [0, 0.05) is 90.1 Å². The van der Waals surface area contributed by atoms with Crippen molar-refractivity contribution in [2.24, 2.45) is 0 Å². The molecule has 0 amide bonds. The summed E-state index contributed by atoms with van der Waals surface area (Å²) < 4.78 is 6.41. The van der Waals surface area contributed by atoms with Crippen molar-refractivity contribution in [3.05, 3.63) is 188 Å². The Hall–Kier alpha value is -6.99. The Labute approximate surface area is 301 Å². The van der Waals surface area contributed by atoms with Gasteiger partial charge in [-0.25, -0.2) is 4.98 Å². The van der Waals surface area contributed by atoms with Crippen LogP contribution in [-0.4, -0.2) is 36.9 Å². The summed E-state index contributed by atoms with van der Waals surface area (Å²) >= 11 is 0. The summed E-state index contributed by atoms with van der Waals surface area (Å²) in [5.41, 5.74) is 14.1. The number of rotatable bonds is 7. The van der Waals surface area contributed by atoms with E-state index >= 15 is 0 Å². The largest absolute Gasteiger partial charge is 0.436 e. The maximum absolute atomic E-state index is 6.41. The van der Waals surface area contributed by atoms with Crippen molar-refractivity contribution in [3.63, 3.8) is 0 Å². The van der Waals surface area contributed by atoms with Gasteiger partial charge < -0.3 is 9.32 Å². The molecule has 0 N–H and O–H groups in total. The summed E-state index contributed by atoms with van der Waals surface area (Å²) in [6, 6.07) is 37.4. The lowest BCUT2D eigenvalue weighted by atomic mass is 9.89. The smallest absolute Gasteiger partial charge is 0.227 e. The van der Waals surface area contributed by atoms with Gasteiger partial charge in [0.2, 0.25) is 5.89 Å². The monoisotopic (exact) mass is 672 g/mol. The van der Waals surface area contributed by atoms with Crippen molar-refractivity contribution >= 4 is 22.4 Å². The van der Waals surface area contributed by atoms with E-state index in [4.69, 9.17) is 9.40 Å². The second kappa shape index (κ2) is 13.4. The van der Waals surface area contributed by atoms with Crippen molar-refractivity contribution in [1.82, 2.24) is 29.8 Å². The Morgan fingerprint density at radius 1 is 0.519 bits per heavy atom. The second-order valence-electron chi connectivity index (χ2n) is 12.8. The van der Waals surface area contributed by atoms with E-state index in [1.165, 1.54) is 0 Å². The van der Waals surface area contributed by atoms with Crippen molar-refractivity contribution < 1.29 is 4.42 Å². The molecule has 248 valence electrons. The van der Waals surface area contributed by atoms with E-state index in [9.17, 15) is 0 Å². The van der Waals surface area contributed by atoms with Gasteiger partial charge in [0.1, 0.15) is 5.52 Å². The molecule has 9 rings (SSSR count). The molecule has 6 heterocycles. The fourth-order valence-electron chi connectivity index (χ4n) is 6.86. The number of oxazole rings is 1. The Balaban J connectivity index is 1.25. The minimum atomic E-state index is -0.180. The van der Waals surface area contributed by atoms with Gasteiger partial charge in [-0.2, -0.15) is 0 Å². The molecule has 0 saturated carbocycles. The quantitative estimate of drug-likeness (QED) is 0.167. The van der Waals surface area contributed by atoms with Crippen LogP contribution in [0.1, 0.15) is 23.1 Å². The first-order chi connectivity index (χ1) is 25.7. The van der Waals surface area contributed by atoms with Crippen LogP contribution >= 0.6 is 0 Å². The molecular weight excluding hydrogens is 641 g/mol. The highest BCUT2D eigenvalue weighted by atomic mass is 16.3. The van der Waals surface area contributed by atoms with Crippen molar-refractivity contribution in [1.29, 1.82) is 0 Å². The van der Waals surface area contributed by atoms with Gasteiger partial charge in [-0.05, 0) is 118 Å². The zero-order valence-corrected chi connectivity index (χ0v) is 28.3. The molecule has 5 aromatic heterocycles. The van der Waals surface area contributed by atoms with Gasteiger partial charge >= 0.3 is 0 Å². The lowest BCUT2D eigenvalue weighted by molar-refractivity contribution is 0.412. The standard InChI is InChI=1S/C45H32N6O/c1-51-42(38-20-34(30-8-4-14-46-26-30)18-35(21-38)31-9-5-15-47-27-31)24-40(45-50-41-12-2-3-13-44(41)52-45)25-43(51)39-22-36(32-10-6-16-48-28-32)19-37(23-39)33-11-7-17-49-29-33/h2-29,42H,1H3. The number of fused-ring (bicyclic) bond motifs is 1. The molecule has 3 aromatic carbocycles. The summed E-state index contributed by atoms with van der Waals surface area (Å²) in [7, 11) is 2.15. The lowest BCUT2D eigenvalue weighted by Crippen LogP contribution is -2.25. The number of nitrogens with zero attached hydrogens (tertiary/aromatic N) is 6. The molecule has 0 saturated heterocycles. The molecule has 8 aromatic rings. The number of hydrogen-bond acceptors (Lipinski definition) is 7. The Morgan fingerprint density at radius 3 is 1.48 bits per heavy atom. The normalized spacial score (nSPS) is 14.2. The first kappa shape index (κ1) is 31.0. The minimum Gasteiger partial charge on any atom is -0.436 e. The van der Waals surface area contributed by atoms with Crippen molar-refractivity contribution in [2.75, 3.05) is 7.05 Å². The Bertz CT molecular complexity index is 2430. The third kappa shape index (κ3) is 6.05. The molecule has 1 aliphatic heterocycles. The molecule has 7 heteroatoms. The van der Waals surface area contributed by atoms with Crippen LogP contribution in [0, 0.1) is 0 Å². The topological polar surface area (TPSA) is 80.8 Å². The van der Waals surface area contributed by atoms with E-state index in [1.54, 1.807) is 24.8 Å². The van der Waals surface area contributed by atoms with Crippen LogP contribution in [-0.2, 0) is 0 Å². The molecule has 52 heavy (non-hydrogen) atoms. The summed E-state index contributed by atoms with van der Waals surface area (Å²) in [6.07, 6.45) is 19.3. The highest BCUT2D eigenvalue weighted by molar-refractivity contribution is 5.88. The van der Waals surface area contributed by atoms with E-state index in [1.807, 2.05) is 73.3 Å². The van der Waals surface area contributed by atoms with E-state index in [0.717, 1.165) is 78.0 Å². The van der Waals surface area contributed by atoms with Crippen LogP contribution < -0.4 is 0 Å². The molecule has 7 nitrogen and oxygen atoms in total. The van der Waals surface area contributed by atoms with Crippen molar-refractivity contribution in [2.45, 2.75) is 6.04 Å². The lowest BCUT2D eigenvalue weighted by Gasteiger charge is -2.35. The maximum atomic E-state index is 6.41. The van der Waals surface area contributed by atoms with Gasteiger partial charge in [-0.1, -0.05) is 36.4 Å². The van der Waals surface area contributed by atoms with Gasteiger partial charge in [0.15, 0.2) is 5.58 Å². The average Bonchev–Trinajstić information content (AvgIpc) is 3.67. The zero-order chi connectivity index (χ0) is 34.9. The highest BCUT2D eigenvalue weighted by Gasteiger charge is 2.27. The van der Waals surface area contributed by atoms with Crippen molar-refractivity contribution in [3.8, 4) is 44.5 Å². The van der Waals surface area contributed by atoms with Crippen LogP contribution in [0.4, 0.5) is 0 Å². The fourth-order valence-corrected chi connectivity index (χ4v) is 6.86. The number of aromatic nitrogens is 5. The number of hydrogen-bond donors (Lipinski definition) is 0. The summed E-state index contributed by atoms with van der Waals surface area (Å²) in [5.74, 6) is 0.573. The SMILES string of the molecule is CN1C(c2cc(-c3cccnc3)cc(-c3cccnc3)c2)=CC(c2nc3ccccc3o2)=CC1c1cc(-c2cccnc2)cc(-c2cccnc2)c1. The molecule has 0 aliphatic carbocycles. The van der Waals surface area contributed by atoms with Crippen LogP contribution in [0.5, 0.6) is 0 Å². The van der Waals surface area contributed by atoms with Gasteiger partial charge in [0.05, 0.1) is 6.04 Å². The molecule has 0 fully saturated rings. The second-order valence-corrected chi connectivity index (χ2v) is 12.8. The minimum absolute atomic E-state index is 0.180. The number of pyridine rings is 4. The van der Waals surface area contributed by atoms with Crippen LogP contribution in [0.2, 0.25) is 0 Å². The fraction of sp³-hybridized carbons (Fsp3) is 0.0444. The Morgan fingerprint density at radius 2 is 1.00 bits per heavy atom. The average molecular weight is 673 g/mol. The van der Waals surface area contributed by atoms with Crippen LogP contribution in [0.25, 0.3) is 66.9 Å². The summed E-state index contributed by atoms with van der Waals surface area (Å²) in [5, 5.41) is 0. The summed E-state index contributed by atoms with van der Waals surface area (Å²) in [6.45, 7) is 0. The molecule has 1 unspecified atom stereocenters. The molecule has 0 radical (unpaired) electrons. The van der Waals surface area contributed by atoms with E-state index in [-0.39, 0.29) is 6.04 Å². The molecule has 1 atom stereocenters. The number of likely N-dealkylation sites (N-methyl/N-ethyl adjacent to an activating group) is 1. The van der Waals surface area contributed by atoms with Crippen LogP contribution in [0.3, 0.4) is 0 Å². The highest BCUT2D eigenvalue weighted by Crippen LogP contribution is 2.42. The molecule has 0 spiro atoms. The molecule has 1 aliphatic rings. The van der Waals surface area contributed by atoms with Gasteiger partial charge in [0.25, 0.3) is 0 Å². The number of allylic oxidation sites excluding steroid dienone is 2. The number of para-hydroxylation sites is 2. The predicted octanol–water partition coefficient (Wildman–Crippen LogP) is 10.2. The first-order valence-corrected chi connectivity index (χ1v) is 17.1. The third-order valence-corrected chi connectivity index (χ3v) is 9.47. The van der Waals surface area contributed by atoms with E-state index in [0.29, 0.717) is 5.89 Å². The summed E-state index contributed by atoms with van der Waals surface area (Å²) in [4.78, 5) is 25.0.